The van der Waals surface area contributed by atoms with Gasteiger partial charge in [-0.05, 0) is 43.5 Å². The first kappa shape index (κ1) is 15.6. The zero-order valence-electron chi connectivity index (χ0n) is 14.2. The minimum Gasteiger partial charge on any atom is -0.332 e. The van der Waals surface area contributed by atoms with Gasteiger partial charge in [0.1, 0.15) is 0 Å². The average molecular weight is 335 g/mol. The van der Waals surface area contributed by atoms with Crippen LogP contribution in [-0.4, -0.2) is 43.0 Å². The Kier molecular flexibility index (Phi) is 4.09. The SMILES string of the molecule is Cc1cnn(CC2CCCN2C(=O)c2ccn(-c3ccccc3)n2)c1. The van der Waals surface area contributed by atoms with Crippen LogP contribution in [0.15, 0.2) is 55.0 Å². The normalized spacial score (nSPS) is 17.2. The van der Waals surface area contributed by atoms with Gasteiger partial charge in [-0.25, -0.2) is 4.68 Å². The number of carbonyl (C=O) groups excluding carboxylic acids is 1. The fraction of sp³-hybridized carbons (Fsp3) is 0.316. The van der Waals surface area contributed by atoms with Crippen LogP contribution in [0.3, 0.4) is 0 Å². The second-order valence-electron chi connectivity index (χ2n) is 6.52. The summed E-state index contributed by atoms with van der Waals surface area (Å²) in [6, 6.07) is 11.8. The molecule has 3 aromatic rings. The van der Waals surface area contributed by atoms with Gasteiger partial charge in [0, 0.05) is 18.9 Å². The van der Waals surface area contributed by atoms with E-state index in [1.54, 1.807) is 10.7 Å². The molecule has 1 unspecified atom stereocenters. The van der Waals surface area contributed by atoms with Gasteiger partial charge in [0.2, 0.25) is 0 Å². The molecule has 6 nitrogen and oxygen atoms in total. The highest BCUT2D eigenvalue weighted by molar-refractivity contribution is 5.92. The molecular weight excluding hydrogens is 314 g/mol. The zero-order valence-corrected chi connectivity index (χ0v) is 14.2. The molecular formula is C19H21N5O. The number of nitrogens with zero attached hydrogens (tertiary/aromatic N) is 5. The zero-order chi connectivity index (χ0) is 17.2. The second kappa shape index (κ2) is 6.55. The summed E-state index contributed by atoms with van der Waals surface area (Å²) in [7, 11) is 0. The number of hydrogen-bond donors (Lipinski definition) is 0. The lowest BCUT2D eigenvalue weighted by atomic mass is 10.2. The van der Waals surface area contributed by atoms with Crippen LogP contribution in [0.2, 0.25) is 0 Å². The molecule has 1 aliphatic rings. The number of aryl methyl sites for hydroxylation is 1. The third-order valence-electron chi connectivity index (χ3n) is 4.63. The van der Waals surface area contributed by atoms with E-state index in [2.05, 4.69) is 10.2 Å². The Morgan fingerprint density at radius 3 is 2.84 bits per heavy atom. The predicted octanol–water partition coefficient (Wildman–Crippen LogP) is 2.68. The van der Waals surface area contributed by atoms with E-state index in [4.69, 9.17) is 0 Å². The van der Waals surface area contributed by atoms with Gasteiger partial charge in [-0.15, -0.1) is 0 Å². The molecule has 0 saturated carbocycles. The Labute approximate surface area is 146 Å². The van der Waals surface area contributed by atoms with Crippen LogP contribution < -0.4 is 0 Å². The van der Waals surface area contributed by atoms with E-state index in [0.29, 0.717) is 5.69 Å². The number of carbonyl (C=O) groups is 1. The van der Waals surface area contributed by atoms with Crippen molar-refractivity contribution in [2.75, 3.05) is 6.54 Å². The van der Waals surface area contributed by atoms with Crippen LogP contribution in [0.25, 0.3) is 5.69 Å². The molecule has 0 bridgehead atoms. The van der Waals surface area contributed by atoms with Crippen LogP contribution in [0.5, 0.6) is 0 Å². The first-order valence-corrected chi connectivity index (χ1v) is 8.62. The van der Waals surface area contributed by atoms with Crippen molar-refractivity contribution in [3.63, 3.8) is 0 Å². The van der Waals surface area contributed by atoms with Crippen molar-refractivity contribution in [1.29, 1.82) is 0 Å². The third kappa shape index (κ3) is 3.20. The van der Waals surface area contributed by atoms with Crippen molar-refractivity contribution in [3.8, 4) is 5.69 Å². The number of aromatic nitrogens is 4. The van der Waals surface area contributed by atoms with Gasteiger partial charge in [-0.1, -0.05) is 18.2 Å². The molecule has 1 aromatic carbocycles. The molecule has 128 valence electrons. The van der Waals surface area contributed by atoms with Gasteiger partial charge in [-0.3, -0.25) is 9.48 Å². The number of amides is 1. The van der Waals surface area contributed by atoms with E-state index in [1.165, 1.54) is 0 Å². The van der Waals surface area contributed by atoms with Gasteiger partial charge in [0.15, 0.2) is 5.69 Å². The third-order valence-corrected chi connectivity index (χ3v) is 4.63. The van der Waals surface area contributed by atoms with Gasteiger partial charge in [-0.2, -0.15) is 10.2 Å². The van der Waals surface area contributed by atoms with Crippen molar-refractivity contribution >= 4 is 5.91 Å². The summed E-state index contributed by atoms with van der Waals surface area (Å²) in [4.78, 5) is 14.9. The monoisotopic (exact) mass is 335 g/mol. The Balaban J connectivity index is 1.51. The molecule has 1 fully saturated rings. The molecule has 0 spiro atoms. The molecule has 25 heavy (non-hydrogen) atoms. The van der Waals surface area contributed by atoms with Crippen molar-refractivity contribution in [2.45, 2.75) is 32.4 Å². The van der Waals surface area contributed by atoms with E-state index in [0.717, 1.165) is 37.2 Å². The number of likely N-dealkylation sites (tertiary alicyclic amines) is 1. The molecule has 4 rings (SSSR count). The maximum atomic E-state index is 12.9. The van der Waals surface area contributed by atoms with E-state index in [9.17, 15) is 4.79 Å². The van der Waals surface area contributed by atoms with Crippen LogP contribution >= 0.6 is 0 Å². The smallest absolute Gasteiger partial charge is 0.274 e. The number of hydrogen-bond acceptors (Lipinski definition) is 3. The average Bonchev–Trinajstić information content (AvgIpc) is 3.37. The summed E-state index contributed by atoms with van der Waals surface area (Å²) in [5, 5.41) is 8.82. The molecule has 6 heteroatoms. The van der Waals surface area contributed by atoms with E-state index >= 15 is 0 Å². The topological polar surface area (TPSA) is 56.0 Å². The summed E-state index contributed by atoms with van der Waals surface area (Å²) in [6.07, 6.45) is 7.73. The van der Waals surface area contributed by atoms with E-state index in [-0.39, 0.29) is 11.9 Å². The Morgan fingerprint density at radius 2 is 2.08 bits per heavy atom. The molecule has 0 aliphatic carbocycles. The van der Waals surface area contributed by atoms with E-state index < -0.39 is 0 Å². The van der Waals surface area contributed by atoms with Crippen LogP contribution in [0.4, 0.5) is 0 Å². The molecule has 2 aromatic heterocycles. The lowest BCUT2D eigenvalue weighted by molar-refractivity contribution is 0.0715. The summed E-state index contributed by atoms with van der Waals surface area (Å²) in [5.74, 6) is 0.000981. The van der Waals surface area contributed by atoms with Gasteiger partial charge >= 0.3 is 0 Å². The van der Waals surface area contributed by atoms with Crippen molar-refractivity contribution in [3.05, 3.63) is 66.2 Å². The highest BCUT2D eigenvalue weighted by Gasteiger charge is 2.31. The van der Waals surface area contributed by atoms with Gasteiger partial charge in [0.05, 0.1) is 24.5 Å². The quantitative estimate of drug-likeness (QED) is 0.736. The van der Waals surface area contributed by atoms with Crippen LogP contribution in [0, 0.1) is 6.92 Å². The number of benzene rings is 1. The number of para-hydroxylation sites is 1. The fourth-order valence-electron chi connectivity index (χ4n) is 3.39. The molecule has 1 saturated heterocycles. The van der Waals surface area contributed by atoms with Crippen molar-refractivity contribution in [2.24, 2.45) is 0 Å². The number of rotatable bonds is 4. The lowest BCUT2D eigenvalue weighted by Crippen LogP contribution is -2.38. The van der Waals surface area contributed by atoms with E-state index in [1.807, 2.05) is 65.4 Å². The van der Waals surface area contributed by atoms with Gasteiger partial charge in [0.25, 0.3) is 5.91 Å². The Bertz CT molecular complexity index is 867. The standard InChI is InChI=1S/C19H21N5O/c1-15-12-20-22(13-15)14-17-8-5-10-23(17)19(25)18-9-11-24(21-18)16-6-3-2-4-7-16/h2-4,6-7,9,11-13,17H,5,8,10,14H2,1H3. The minimum absolute atomic E-state index is 0.000981. The first-order chi connectivity index (χ1) is 12.2. The Morgan fingerprint density at radius 1 is 1.24 bits per heavy atom. The molecule has 0 N–H and O–H groups in total. The highest BCUT2D eigenvalue weighted by atomic mass is 16.2. The maximum Gasteiger partial charge on any atom is 0.274 e. The summed E-state index contributed by atoms with van der Waals surface area (Å²) in [5.41, 5.74) is 2.58. The maximum absolute atomic E-state index is 12.9. The molecule has 0 radical (unpaired) electrons. The summed E-state index contributed by atoms with van der Waals surface area (Å²) in [6.45, 7) is 3.54. The fourth-order valence-corrected chi connectivity index (χ4v) is 3.39. The van der Waals surface area contributed by atoms with Crippen LogP contribution in [0.1, 0.15) is 28.9 Å². The predicted molar refractivity (Wildman–Crippen MR) is 94.6 cm³/mol. The largest absolute Gasteiger partial charge is 0.332 e. The second-order valence-corrected chi connectivity index (χ2v) is 6.52. The minimum atomic E-state index is 0.000981. The van der Waals surface area contributed by atoms with Crippen LogP contribution in [-0.2, 0) is 6.54 Å². The van der Waals surface area contributed by atoms with Gasteiger partial charge < -0.3 is 4.90 Å². The van der Waals surface area contributed by atoms with Crippen molar-refractivity contribution in [1.82, 2.24) is 24.5 Å². The molecule has 1 atom stereocenters. The van der Waals surface area contributed by atoms with Crippen molar-refractivity contribution < 1.29 is 4.79 Å². The highest BCUT2D eigenvalue weighted by Crippen LogP contribution is 2.21. The molecule has 1 aliphatic heterocycles. The summed E-state index contributed by atoms with van der Waals surface area (Å²) >= 11 is 0. The Hall–Kier alpha value is -2.89. The lowest BCUT2D eigenvalue weighted by Gasteiger charge is -2.23. The summed E-state index contributed by atoms with van der Waals surface area (Å²) < 4.78 is 3.67. The first-order valence-electron chi connectivity index (χ1n) is 8.62. The molecule has 3 heterocycles. The molecule has 1 amide bonds.